The first kappa shape index (κ1) is 13.6. The van der Waals surface area contributed by atoms with Crippen LogP contribution in [0.25, 0.3) is 0 Å². The van der Waals surface area contributed by atoms with Gasteiger partial charge in [0.25, 0.3) is 0 Å². The molecule has 3 rings (SSSR count). The van der Waals surface area contributed by atoms with Crippen molar-refractivity contribution in [3.8, 4) is 0 Å². The van der Waals surface area contributed by atoms with E-state index in [1.54, 1.807) is 0 Å². The van der Waals surface area contributed by atoms with Gasteiger partial charge in [0.15, 0.2) is 0 Å². The van der Waals surface area contributed by atoms with Crippen molar-refractivity contribution in [2.75, 3.05) is 18.0 Å². The van der Waals surface area contributed by atoms with Gasteiger partial charge >= 0.3 is 0 Å². The van der Waals surface area contributed by atoms with Crippen molar-refractivity contribution in [2.24, 2.45) is 5.73 Å². The van der Waals surface area contributed by atoms with Crippen LogP contribution >= 0.6 is 15.9 Å². The number of aromatic amines is 1. The van der Waals surface area contributed by atoms with Gasteiger partial charge in [-0.1, -0.05) is 28.1 Å². The fourth-order valence-corrected chi connectivity index (χ4v) is 2.76. The van der Waals surface area contributed by atoms with Crippen molar-refractivity contribution in [3.63, 3.8) is 0 Å². The second-order valence-electron chi connectivity index (χ2n) is 5.23. The molecule has 1 unspecified atom stereocenters. The third-order valence-corrected chi connectivity index (χ3v) is 4.07. The van der Waals surface area contributed by atoms with Crippen LogP contribution in [0.3, 0.4) is 0 Å². The molecule has 1 aliphatic heterocycles. The second-order valence-corrected chi connectivity index (χ2v) is 6.15. The topological polar surface area (TPSA) is 70.8 Å². The summed E-state index contributed by atoms with van der Waals surface area (Å²) in [7, 11) is 0. The van der Waals surface area contributed by atoms with Crippen LogP contribution in [0.15, 0.2) is 28.7 Å². The van der Waals surface area contributed by atoms with Crippen molar-refractivity contribution >= 4 is 21.9 Å². The van der Waals surface area contributed by atoms with Gasteiger partial charge in [0, 0.05) is 30.0 Å². The smallest absolute Gasteiger partial charge is 0.244 e. The minimum absolute atomic E-state index is 0.233. The largest absolute Gasteiger partial charge is 0.338 e. The summed E-state index contributed by atoms with van der Waals surface area (Å²) in [5.74, 6) is 1.66. The van der Waals surface area contributed by atoms with Gasteiger partial charge in [-0.2, -0.15) is 4.98 Å². The van der Waals surface area contributed by atoms with Crippen molar-refractivity contribution in [2.45, 2.75) is 25.3 Å². The molecule has 0 amide bonds. The zero-order chi connectivity index (χ0) is 13.9. The number of halogens is 1. The average Bonchev–Trinajstić information content (AvgIpc) is 2.90. The highest BCUT2D eigenvalue weighted by molar-refractivity contribution is 9.10. The molecule has 0 bridgehead atoms. The Morgan fingerprint density at radius 2 is 2.15 bits per heavy atom. The zero-order valence-electron chi connectivity index (χ0n) is 11.2. The van der Waals surface area contributed by atoms with Crippen LogP contribution in [0.1, 0.15) is 24.2 Å². The summed E-state index contributed by atoms with van der Waals surface area (Å²) < 4.78 is 1.09. The molecular formula is C14H18BrN5. The highest BCUT2D eigenvalue weighted by atomic mass is 79.9. The molecule has 0 radical (unpaired) electrons. The monoisotopic (exact) mass is 335 g/mol. The van der Waals surface area contributed by atoms with Gasteiger partial charge in [0.05, 0.1) is 0 Å². The van der Waals surface area contributed by atoms with Gasteiger partial charge in [-0.05, 0) is 30.5 Å². The van der Waals surface area contributed by atoms with Gasteiger partial charge in [0.1, 0.15) is 5.82 Å². The number of nitrogens with two attached hydrogens (primary N) is 1. The molecule has 6 heteroatoms. The van der Waals surface area contributed by atoms with Gasteiger partial charge in [0.2, 0.25) is 5.95 Å². The van der Waals surface area contributed by atoms with Crippen LogP contribution in [-0.2, 0) is 6.42 Å². The van der Waals surface area contributed by atoms with Crippen LogP contribution in [0.5, 0.6) is 0 Å². The highest BCUT2D eigenvalue weighted by Gasteiger charge is 2.20. The predicted octanol–water partition coefficient (Wildman–Crippen LogP) is 2.09. The first-order chi connectivity index (χ1) is 9.70. The second kappa shape index (κ2) is 5.93. The molecule has 106 valence electrons. The molecule has 1 saturated heterocycles. The minimum atomic E-state index is 0.233. The lowest BCUT2D eigenvalue weighted by atomic mass is 10.1. The van der Waals surface area contributed by atoms with Crippen LogP contribution in [0, 0.1) is 0 Å². The van der Waals surface area contributed by atoms with Crippen LogP contribution in [0.4, 0.5) is 5.95 Å². The van der Waals surface area contributed by atoms with E-state index in [0.717, 1.165) is 48.6 Å². The number of piperidine rings is 1. The lowest BCUT2D eigenvalue weighted by Crippen LogP contribution is -2.43. The van der Waals surface area contributed by atoms with E-state index in [-0.39, 0.29) is 6.04 Å². The first-order valence-electron chi connectivity index (χ1n) is 6.87. The van der Waals surface area contributed by atoms with E-state index < -0.39 is 0 Å². The summed E-state index contributed by atoms with van der Waals surface area (Å²) in [6, 6.07) is 8.48. The number of nitrogens with zero attached hydrogens (tertiary/aromatic N) is 3. The average molecular weight is 336 g/mol. The van der Waals surface area contributed by atoms with Crippen molar-refractivity contribution in [3.05, 3.63) is 40.1 Å². The minimum Gasteiger partial charge on any atom is -0.338 e. The molecule has 3 N–H and O–H groups in total. The Hall–Kier alpha value is -1.40. The number of hydrogen-bond donors (Lipinski definition) is 2. The Balaban J connectivity index is 1.68. The molecule has 20 heavy (non-hydrogen) atoms. The van der Waals surface area contributed by atoms with Gasteiger partial charge in [-0.3, -0.25) is 5.10 Å². The third kappa shape index (κ3) is 3.19. The summed E-state index contributed by atoms with van der Waals surface area (Å²) in [5, 5.41) is 7.34. The van der Waals surface area contributed by atoms with E-state index in [2.05, 4.69) is 48.1 Å². The van der Waals surface area contributed by atoms with E-state index >= 15 is 0 Å². The maximum Gasteiger partial charge on any atom is 0.244 e. The number of benzene rings is 1. The molecule has 5 nitrogen and oxygen atoms in total. The van der Waals surface area contributed by atoms with Crippen molar-refractivity contribution in [1.29, 1.82) is 0 Å². The van der Waals surface area contributed by atoms with Crippen LogP contribution < -0.4 is 10.6 Å². The molecular weight excluding hydrogens is 318 g/mol. The molecule has 1 fully saturated rings. The van der Waals surface area contributed by atoms with E-state index in [4.69, 9.17) is 5.73 Å². The lowest BCUT2D eigenvalue weighted by molar-refractivity contribution is 0.500. The van der Waals surface area contributed by atoms with Crippen molar-refractivity contribution < 1.29 is 0 Å². The molecule has 0 saturated carbocycles. The maximum absolute atomic E-state index is 6.00. The maximum atomic E-state index is 6.00. The normalized spacial score (nSPS) is 19.3. The fraction of sp³-hybridized carbons (Fsp3) is 0.429. The molecule has 1 aliphatic rings. The van der Waals surface area contributed by atoms with Gasteiger partial charge in [-0.15, -0.1) is 5.10 Å². The predicted molar refractivity (Wildman–Crippen MR) is 82.8 cm³/mol. The number of aromatic nitrogens is 3. The Kier molecular flexibility index (Phi) is 4.03. The van der Waals surface area contributed by atoms with E-state index in [1.165, 1.54) is 5.56 Å². The summed E-state index contributed by atoms with van der Waals surface area (Å²) in [4.78, 5) is 6.74. The van der Waals surface area contributed by atoms with E-state index in [9.17, 15) is 0 Å². The number of nitrogens with one attached hydrogen (secondary N) is 1. The number of hydrogen-bond acceptors (Lipinski definition) is 4. The Bertz CT molecular complexity index is 565. The molecule has 1 aromatic heterocycles. The molecule has 2 aromatic rings. The summed E-state index contributed by atoms with van der Waals surface area (Å²) in [6.45, 7) is 1.83. The standard InChI is InChI=1S/C14H18BrN5/c15-11-5-3-10(4-6-11)8-13-17-14(19-18-13)20-7-1-2-12(16)9-20/h3-6,12H,1-2,7-9,16H2,(H,17,18,19). The van der Waals surface area contributed by atoms with Gasteiger partial charge in [-0.25, -0.2) is 0 Å². The van der Waals surface area contributed by atoms with Gasteiger partial charge < -0.3 is 10.6 Å². The molecule has 1 atom stereocenters. The van der Waals surface area contributed by atoms with Crippen molar-refractivity contribution in [1.82, 2.24) is 15.2 Å². The summed E-state index contributed by atoms with van der Waals surface area (Å²) in [6.07, 6.45) is 2.96. The zero-order valence-corrected chi connectivity index (χ0v) is 12.8. The molecule has 1 aromatic carbocycles. The Morgan fingerprint density at radius 1 is 1.35 bits per heavy atom. The Morgan fingerprint density at radius 3 is 2.90 bits per heavy atom. The highest BCUT2D eigenvalue weighted by Crippen LogP contribution is 2.17. The van der Waals surface area contributed by atoms with Crippen LogP contribution in [0.2, 0.25) is 0 Å². The summed E-state index contributed by atoms with van der Waals surface area (Å²) >= 11 is 3.44. The fourth-order valence-electron chi connectivity index (χ4n) is 2.49. The lowest BCUT2D eigenvalue weighted by Gasteiger charge is -2.29. The molecule has 0 spiro atoms. The number of anilines is 1. The molecule has 2 heterocycles. The Labute approximate surface area is 126 Å². The summed E-state index contributed by atoms with van der Waals surface area (Å²) in [5.41, 5.74) is 7.21. The van der Waals surface area contributed by atoms with Crippen LogP contribution in [-0.4, -0.2) is 34.3 Å². The number of H-pyrrole nitrogens is 1. The van der Waals surface area contributed by atoms with E-state index in [0.29, 0.717) is 0 Å². The number of rotatable bonds is 3. The molecule has 0 aliphatic carbocycles. The third-order valence-electron chi connectivity index (χ3n) is 3.55. The quantitative estimate of drug-likeness (QED) is 0.900. The SMILES string of the molecule is NC1CCCN(c2n[nH]c(Cc3ccc(Br)cc3)n2)C1. The first-order valence-corrected chi connectivity index (χ1v) is 7.66. The van der Waals surface area contributed by atoms with E-state index in [1.807, 2.05) is 12.1 Å².